The summed E-state index contributed by atoms with van der Waals surface area (Å²) in [6, 6.07) is 9.52. The van der Waals surface area contributed by atoms with Crippen LogP contribution in [0.1, 0.15) is 54.1 Å². The van der Waals surface area contributed by atoms with Crippen molar-refractivity contribution in [3.05, 3.63) is 52.8 Å². The highest BCUT2D eigenvalue weighted by Gasteiger charge is 2.23. The van der Waals surface area contributed by atoms with Crippen LogP contribution in [0.4, 0.5) is 5.69 Å². The molecule has 5 heteroatoms. The highest BCUT2D eigenvalue weighted by Crippen LogP contribution is 2.21. The number of aryl methyl sites for hydroxylation is 2. The molecule has 0 spiro atoms. The number of nitrogens with zero attached hydrogens (tertiary/aromatic N) is 1. The van der Waals surface area contributed by atoms with E-state index in [1.54, 1.807) is 6.92 Å². The van der Waals surface area contributed by atoms with Crippen LogP contribution >= 0.6 is 0 Å². The lowest BCUT2D eigenvalue weighted by Gasteiger charge is -2.15. The summed E-state index contributed by atoms with van der Waals surface area (Å²) in [6.45, 7) is 11.5. The number of benzene rings is 1. The Morgan fingerprint density at radius 1 is 1.04 bits per heavy atom. The van der Waals surface area contributed by atoms with Crippen molar-refractivity contribution in [2.24, 2.45) is 0 Å². The zero-order valence-corrected chi connectivity index (χ0v) is 15.7. The fourth-order valence-electron chi connectivity index (χ4n) is 2.94. The van der Waals surface area contributed by atoms with E-state index in [0.717, 1.165) is 17.0 Å². The molecule has 1 unspecified atom stereocenters. The quantitative estimate of drug-likeness (QED) is 0.829. The summed E-state index contributed by atoms with van der Waals surface area (Å²) in [7, 11) is 0. The average Bonchev–Trinajstić information content (AvgIpc) is 2.84. The van der Waals surface area contributed by atoms with E-state index >= 15 is 0 Å². The van der Waals surface area contributed by atoms with E-state index in [1.165, 1.54) is 0 Å². The molecule has 0 radical (unpaired) electrons. The maximum atomic E-state index is 12.5. The minimum Gasteiger partial charge on any atom is -0.449 e. The molecule has 134 valence electrons. The number of carbonyl (C=O) groups excluding carboxylic acids is 2. The summed E-state index contributed by atoms with van der Waals surface area (Å²) in [5, 5.41) is 2.75. The van der Waals surface area contributed by atoms with Crippen molar-refractivity contribution in [3.8, 4) is 0 Å². The molecule has 1 N–H and O–H groups in total. The number of esters is 1. The number of rotatable bonds is 5. The van der Waals surface area contributed by atoms with Gasteiger partial charge < -0.3 is 14.6 Å². The summed E-state index contributed by atoms with van der Waals surface area (Å²) in [6.07, 6.45) is -0.879. The predicted octanol–water partition coefficient (Wildman–Crippen LogP) is 4.18. The predicted molar refractivity (Wildman–Crippen MR) is 99.0 cm³/mol. The lowest BCUT2D eigenvalue weighted by atomic mass is 10.2. The fraction of sp³-hybridized carbons (Fsp3) is 0.400. The standard InChI is InChI=1S/C20H26N2O3/c1-12(2)22-14(4)11-18(15(22)5)20(24)25-16(6)19(23)21-17-9-7-13(3)8-10-17/h7-12,16H,1-6H3,(H,21,23). The van der Waals surface area contributed by atoms with Gasteiger partial charge in [0.2, 0.25) is 0 Å². The van der Waals surface area contributed by atoms with E-state index in [0.29, 0.717) is 11.3 Å². The van der Waals surface area contributed by atoms with Crippen LogP contribution in [0.2, 0.25) is 0 Å². The van der Waals surface area contributed by atoms with Crippen LogP contribution in [0.5, 0.6) is 0 Å². The Morgan fingerprint density at radius 2 is 1.64 bits per heavy atom. The second-order valence-corrected chi connectivity index (χ2v) is 6.65. The van der Waals surface area contributed by atoms with Crippen LogP contribution in [0, 0.1) is 20.8 Å². The first-order valence-electron chi connectivity index (χ1n) is 8.47. The third kappa shape index (κ3) is 4.29. The van der Waals surface area contributed by atoms with Crippen LogP contribution in [0.3, 0.4) is 0 Å². The minimum atomic E-state index is -0.879. The van der Waals surface area contributed by atoms with E-state index < -0.39 is 12.1 Å². The molecule has 2 rings (SSSR count). The van der Waals surface area contributed by atoms with Crippen LogP contribution in [0.15, 0.2) is 30.3 Å². The van der Waals surface area contributed by atoms with Gasteiger partial charge in [0.15, 0.2) is 6.10 Å². The molecule has 0 bridgehead atoms. The molecule has 2 aromatic rings. The Bertz CT molecular complexity index is 773. The smallest absolute Gasteiger partial charge is 0.340 e. The number of hydrogen-bond donors (Lipinski definition) is 1. The molecule has 1 aromatic carbocycles. The first-order chi connectivity index (χ1) is 11.7. The van der Waals surface area contributed by atoms with Gasteiger partial charge in [0.1, 0.15) is 0 Å². The summed E-state index contributed by atoms with van der Waals surface area (Å²) >= 11 is 0. The van der Waals surface area contributed by atoms with E-state index in [4.69, 9.17) is 4.74 Å². The molecule has 0 fully saturated rings. The van der Waals surface area contributed by atoms with Gasteiger partial charge in [0, 0.05) is 23.1 Å². The Morgan fingerprint density at radius 3 is 2.16 bits per heavy atom. The third-order valence-corrected chi connectivity index (χ3v) is 4.19. The van der Waals surface area contributed by atoms with Crippen molar-refractivity contribution >= 4 is 17.6 Å². The van der Waals surface area contributed by atoms with Gasteiger partial charge in [0.05, 0.1) is 5.56 Å². The molecule has 0 aliphatic carbocycles. The SMILES string of the molecule is Cc1ccc(NC(=O)C(C)OC(=O)c2cc(C)n(C(C)C)c2C)cc1. The highest BCUT2D eigenvalue weighted by atomic mass is 16.5. The van der Waals surface area contributed by atoms with Gasteiger partial charge in [-0.3, -0.25) is 4.79 Å². The largest absolute Gasteiger partial charge is 0.449 e. The van der Waals surface area contributed by atoms with Gasteiger partial charge in [-0.2, -0.15) is 0 Å². The van der Waals surface area contributed by atoms with Crippen LogP contribution in [0.25, 0.3) is 0 Å². The maximum absolute atomic E-state index is 12.5. The van der Waals surface area contributed by atoms with E-state index in [9.17, 15) is 9.59 Å². The summed E-state index contributed by atoms with van der Waals surface area (Å²) < 4.78 is 7.44. The normalized spacial score (nSPS) is 12.1. The Hall–Kier alpha value is -2.56. The van der Waals surface area contributed by atoms with E-state index in [-0.39, 0.29) is 11.9 Å². The fourth-order valence-corrected chi connectivity index (χ4v) is 2.94. The van der Waals surface area contributed by atoms with Crippen LogP contribution in [-0.4, -0.2) is 22.5 Å². The van der Waals surface area contributed by atoms with Crippen molar-refractivity contribution in [1.82, 2.24) is 4.57 Å². The minimum absolute atomic E-state index is 0.254. The van der Waals surface area contributed by atoms with E-state index in [2.05, 4.69) is 23.7 Å². The highest BCUT2D eigenvalue weighted by molar-refractivity contribution is 5.97. The van der Waals surface area contributed by atoms with Crippen LogP contribution in [-0.2, 0) is 9.53 Å². The molecule has 0 aliphatic rings. The number of carbonyl (C=O) groups is 2. The second-order valence-electron chi connectivity index (χ2n) is 6.65. The zero-order valence-electron chi connectivity index (χ0n) is 15.7. The lowest BCUT2D eigenvalue weighted by Crippen LogP contribution is -2.30. The number of nitrogens with one attached hydrogen (secondary N) is 1. The van der Waals surface area contributed by atoms with Gasteiger partial charge in [-0.25, -0.2) is 4.79 Å². The van der Waals surface area contributed by atoms with Gasteiger partial charge in [-0.1, -0.05) is 17.7 Å². The number of anilines is 1. The Labute approximate surface area is 149 Å². The molecule has 0 saturated carbocycles. The summed E-state index contributed by atoms with van der Waals surface area (Å²) in [5.41, 5.74) is 4.13. The van der Waals surface area contributed by atoms with Crippen molar-refractivity contribution in [1.29, 1.82) is 0 Å². The van der Waals surface area contributed by atoms with Crippen molar-refractivity contribution in [3.63, 3.8) is 0 Å². The molecule has 1 aromatic heterocycles. The number of aromatic nitrogens is 1. The molecule has 5 nitrogen and oxygen atoms in total. The topological polar surface area (TPSA) is 60.3 Å². The second kappa shape index (κ2) is 7.55. The Kier molecular flexibility index (Phi) is 5.67. The van der Waals surface area contributed by atoms with Gasteiger partial charge in [-0.15, -0.1) is 0 Å². The number of hydrogen-bond acceptors (Lipinski definition) is 3. The number of ether oxygens (including phenoxy) is 1. The molecular formula is C20H26N2O3. The average molecular weight is 342 g/mol. The monoisotopic (exact) mass is 342 g/mol. The van der Waals surface area contributed by atoms with E-state index in [1.807, 2.05) is 51.1 Å². The summed E-state index contributed by atoms with van der Waals surface area (Å²) in [5.74, 6) is -0.832. The Balaban J connectivity index is 2.06. The van der Waals surface area contributed by atoms with Crippen molar-refractivity contribution < 1.29 is 14.3 Å². The molecule has 0 saturated heterocycles. The molecule has 0 aliphatic heterocycles. The molecule has 1 heterocycles. The van der Waals surface area contributed by atoms with Gasteiger partial charge in [0.25, 0.3) is 5.91 Å². The first-order valence-corrected chi connectivity index (χ1v) is 8.47. The first kappa shape index (κ1) is 18.8. The molecular weight excluding hydrogens is 316 g/mol. The lowest BCUT2D eigenvalue weighted by molar-refractivity contribution is -0.123. The third-order valence-electron chi connectivity index (χ3n) is 4.19. The maximum Gasteiger partial charge on any atom is 0.340 e. The molecule has 1 amide bonds. The zero-order chi connectivity index (χ0) is 18.7. The summed E-state index contributed by atoms with van der Waals surface area (Å²) in [4.78, 5) is 24.7. The van der Waals surface area contributed by atoms with Crippen molar-refractivity contribution in [2.45, 2.75) is 53.7 Å². The van der Waals surface area contributed by atoms with Crippen molar-refractivity contribution in [2.75, 3.05) is 5.32 Å². The van der Waals surface area contributed by atoms with Crippen LogP contribution < -0.4 is 5.32 Å². The molecule has 1 atom stereocenters. The molecule has 25 heavy (non-hydrogen) atoms. The number of amides is 1. The van der Waals surface area contributed by atoms with Gasteiger partial charge >= 0.3 is 5.97 Å². The van der Waals surface area contributed by atoms with Gasteiger partial charge in [-0.05, 0) is 59.7 Å².